The van der Waals surface area contributed by atoms with Gasteiger partial charge in [-0.25, -0.2) is 0 Å². The number of rotatable bonds is 2. The average molecular weight is 596 g/mol. The Morgan fingerprint density at radius 3 is 1.89 bits per heavy atom. The number of hydrogen-bond acceptors (Lipinski definition) is 4. The Balaban J connectivity index is 1.31. The van der Waals surface area contributed by atoms with E-state index < -0.39 is 5.92 Å². The first-order valence-corrected chi connectivity index (χ1v) is 15.3. The van der Waals surface area contributed by atoms with E-state index in [-0.39, 0.29) is 5.92 Å². The minimum absolute atomic E-state index is 0.329. The molecule has 3 aliphatic rings. The second kappa shape index (κ2) is 9.79. The molecule has 0 saturated carbocycles. The van der Waals surface area contributed by atoms with Gasteiger partial charge >= 0.3 is 0 Å². The summed E-state index contributed by atoms with van der Waals surface area (Å²) < 4.78 is 2.28. The molecule has 214 valence electrons. The van der Waals surface area contributed by atoms with Crippen molar-refractivity contribution in [1.29, 1.82) is 21.0 Å². The smallest absolute Gasteiger partial charge is 0.0995 e. The lowest BCUT2D eigenvalue weighted by Crippen LogP contribution is -2.30. The Kier molecular flexibility index (Phi) is 5.52. The maximum atomic E-state index is 10.6. The van der Waals surface area contributed by atoms with Gasteiger partial charge < -0.3 is 4.57 Å². The van der Waals surface area contributed by atoms with Crippen molar-refractivity contribution in [2.75, 3.05) is 0 Å². The number of nitriles is 4. The van der Waals surface area contributed by atoms with Gasteiger partial charge in [0.2, 0.25) is 0 Å². The van der Waals surface area contributed by atoms with Crippen molar-refractivity contribution in [2.45, 2.75) is 11.8 Å². The molecule has 0 saturated heterocycles. The molecule has 47 heavy (non-hydrogen) atoms. The van der Waals surface area contributed by atoms with Gasteiger partial charge in [-0.2, -0.15) is 21.0 Å². The van der Waals surface area contributed by atoms with Crippen LogP contribution in [0.15, 0.2) is 115 Å². The molecule has 0 aliphatic heterocycles. The zero-order chi connectivity index (χ0) is 31.8. The van der Waals surface area contributed by atoms with Crippen LogP contribution in [0.5, 0.6) is 0 Å². The highest BCUT2D eigenvalue weighted by atomic mass is 15.0. The zero-order valence-electron chi connectivity index (χ0n) is 24.9. The number of fused-ring (bicyclic) bond motifs is 3. The van der Waals surface area contributed by atoms with Crippen LogP contribution in [0.25, 0.3) is 38.6 Å². The Labute approximate surface area is 270 Å². The van der Waals surface area contributed by atoms with E-state index in [1.807, 2.05) is 42.5 Å². The van der Waals surface area contributed by atoms with E-state index in [2.05, 4.69) is 89.5 Å². The maximum Gasteiger partial charge on any atom is 0.0995 e. The Bertz CT molecular complexity index is 2690. The van der Waals surface area contributed by atoms with Crippen molar-refractivity contribution in [2.24, 2.45) is 0 Å². The predicted octanol–water partition coefficient (Wildman–Crippen LogP) is 8.92. The van der Waals surface area contributed by atoms with E-state index in [1.54, 1.807) is 12.1 Å². The van der Waals surface area contributed by atoms with Gasteiger partial charge in [-0.3, -0.25) is 0 Å². The summed E-state index contributed by atoms with van der Waals surface area (Å²) in [5, 5.41) is 43.2. The molecule has 5 heteroatoms. The summed E-state index contributed by atoms with van der Waals surface area (Å²) in [4.78, 5) is 0. The summed E-state index contributed by atoms with van der Waals surface area (Å²) in [5.41, 5.74) is 12.4. The van der Waals surface area contributed by atoms with Crippen LogP contribution in [0.2, 0.25) is 0 Å². The normalized spacial score (nSPS) is 15.1. The Morgan fingerprint density at radius 1 is 0.447 bits per heavy atom. The number of nitrogens with zero attached hydrogens (tertiary/aromatic N) is 5. The van der Waals surface area contributed by atoms with Gasteiger partial charge in [0, 0.05) is 28.3 Å². The molecule has 0 fully saturated rings. The molecule has 10 rings (SSSR count). The molecule has 2 unspecified atom stereocenters. The molecule has 5 nitrogen and oxygen atoms in total. The standard InChI is InChI=1S/C42H21N5/c43-20-24-15-28(22-45)39-34(16-24)41-32-11-6-7-26(21-44)38(32)42(39)40-29(23-46)17-27(19-35(40)41)25-13-14-37-33(18-25)31-10-4-5-12-36(31)47(37)30-8-2-1-3-9-30/h1-19,41-42H. The van der Waals surface area contributed by atoms with Gasteiger partial charge in [0.15, 0.2) is 0 Å². The van der Waals surface area contributed by atoms with Crippen LogP contribution in [-0.4, -0.2) is 4.57 Å². The topological polar surface area (TPSA) is 100 Å². The predicted molar refractivity (Wildman–Crippen MR) is 180 cm³/mol. The van der Waals surface area contributed by atoms with E-state index in [0.717, 1.165) is 72.0 Å². The molecule has 0 radical (unpaired) electrons. The summed E-state index contributed by atoms with van der Waals surface area (Å²) >= 11 is 0. The molecule has 6 aromatic carbocycles. The number of hydrogen-bond donors (Lipinski definition) is 0. The van der Waals surface area contributed by atoms with E-state index in [0.29, 0.717) is 22.3 Å². The molecule has 1 aromatic heterocycles. The first-order chi connectivity index (χ1) is 23.1. The molecule has 0 N–H and O–H groups in total. The molecule has 0 spiro atoms. The molecule has 0 amide bonds. The van der Waals surface area contributed by atoms with Crippen molar-refractivity contribution >= 4 is 21.8 Å². The van der Waals surface area contributed by atoms with Gasteiger partial charge in [0.1, 0.15) is 0 Å². The highest BCUT2D eigenvalue weighted by Crippen LogP contribution is 2.59. The maximum absolute atomic E-state index is 10.6. The van der Waals surface area contributed by atoms with Gasteiger partial charge in [-0.05, 0) is 105 Å². The lowest BCUT2D eigenvalue weighted by molar-refractivity contribution is 0.747. The first kappa shape index (κ1) is 26.5. The highest BCUT2D eigenvalue weighted by molar-refractivity contribution is 6.10. The fraction of sp³-hybridized carbons (Fsp3) is 0.0476. The van der Waals surface area contributed by atoms with Crippen LogP contribution >= 0.6 is 0 Å². The largest absolute Gasteiger partial charge is 0.309 e. The van der Waals surface area contributed by atoms with Crippen molar-refractivity contribution in [1.82, 2.24) is 4.57 Å². The van der Waals surface area contributed by atoms with E-state index >= 15 is 0 Å². The molecule has 1 heterocycles. The van der Waals surface area contributed by atoms with Crippen molar-refractivity contribution in [3.8, 4) is 41.1 Å². The van der Waals surface area contributed by atoms with Gasteiger partial charge in [-0.1, -0.05) is 54.6 Å². The van der Waals surface area contributed by atoms with Crippen LogP contribution in [0.1, 0.15) is 67.5 Å². The third kappa shape index (κ3) is 3.55. The second-order valence-electron chi connectivity index (χ2n) is 12.1. The van der Waals surface area contributed by atoms with Gasteiger partial charge in [0.25, 0.3) is 0 Å². The molecular formula is C42H21N5. The molecule has 7 aromatic rings. The first-order valence-electron chi connectivity index (χ1n) is 15.3. The summed E-state index contributed by atoms with van der Waals surface area (Å²) in [7, 11) is 0. The van der Waals surface area contributed by atoms with Crippen LogP contribution in [0.3, 0.4) is 0 Å². The van der Waals surface area contributed by atoms with E-state index in [1.165, 1.54) is 0 Å². The third-order valence-corrected chi connectivity index (χ3v) is 9.87. The zero-order valence-corrected chi connectivity index (χ0v) is 24.9. The molecular weight excluding hydrogens is 574 g/mol. The number of benzene rings is 6. The fourth-order valence-electron chi connectivity index (χ4n) is 8.09. The van der Waals surface area contributed by atoms with Gasteiger partial charge in [-0.15, -0.1) is 0 Å². The number of aromatic nitrogens is 1. The summed E-state index contributed by atoms with van der Waals surface area (Å²) in [6.07, 6.45) is 0. The number of para-hydroxylation sites is 2. The monoisotopic (exact) mass is 595 g/mol. The minimum atomic E-state index is -0.465. The SMILES string of the molecule is N#Cc1cc(C#N)c2c(c1)C1c3cccc(C#N)c3C2c2c(C#N)cc(-c3ccc4c(c3)c3ccccc3n4-c3ccccc3)cc21. The third-order valence-electron chi connectivity index (χ3n) is 9.87. The second-order valence-corrected chi connectivity index (χ2v) is 12.1. The quantitative estimate of drug-likeness (QED) is 0.199. The minimum Gasteiger partial charge on any atom is -0.309 e. The molecule has 2 atom stereocenters. The summed E-state index contributed by atoms with van der Waals surface area (Å²) in [6.45, 7) is 0. The van der Waals surface area contributed by atoms with Crippen LogP contribution in [0.4, 0.5) is 0 Å². The van der Waals surface area contributed by atoms with Crippen LogP contribution in [0, 0.1) is 45.3 Å². The summed E-state index contributed by atoms with van der Waals surface area (Å²) in [5.74, 6) is -0.794. The van der Waals surface area contributed by atoms with Crippen LogP contribution < -0.4 is 0 Å². The lowest BCUT2D eigenvalue weighted by atomic mass is 9.58. The van der Waals surface area contributed by atoms with E-state index in [9.17, 15) is 21.0 Å². The fourth-order valence-corrected chi connectivity index (χ4v) is 8.09. The summed E-state index contributed by atoms with van der Waals surface area (Å²) in [6, 6.07) is 47.9. The van der Waals surface area contributed by atoms with Crippen molar-refractivity contribution < 1.29 is 0 Å². The van der Waals surface area contributed by atoms with Crippen LogP contribution in [-0.2, 0) is 0 Å². The highest BCUT2D eigenvalue weighted by Gasteiger charge is 2.45. The molecule has 3 aliphatic carbocycles. The lowest BCUT2D eigenvalue weighted by Gasteiger charge is -2.43. The Hall–Kier alpha value is -6.92. The van der Waals surface area contributed by atoms with Crippen molar-refractivity contribution in [3.05, 3.63) is 171 Å². The average Bonchev–Trinajstić information content (AvgIpc) is 3.47. The molecule has 2 bridgehead atoms. The Morgan fingerprint density at radius 2 is 1.13 bits per heavy atom. The van der Waals surface area contributed by atoms with Gasteiger partial charge in [0.05, 0.1) is 57.6 Å². The van der Waals surface area contributed by atoms with Crippen molar-refractivity contribution in [3.63, 3.8) is 0 Å². The van der Waals surface area contributed by atoms with E-state index in [4.69, 9.17) is 0 Å².